The second-order valence-electron chi connectivity index (χ2n) is 7.16. The molecule has 0 spiro atoms. The highest BCUT2D eigenvalue weighted by molar-refractivity contribution is 5.97. The maximum absolute atomic E-state index is 12.6. The van der Waals surface area contributed by atoms with Gasteiger partial charge in [0.05, 0.1) is 10.9 Å². The second kappa shape index (κ2) is 8.34. The molecule has 2 aromatic rings. The molecule has 2 N–H and O–H groups in total. The van der Waals surface area contributed by atoms with Crippen molar-refractivity contribution in [2.24, 2.45) is 0 Å². The Labute approximate surface area is 152 Å². The van der Waals surface area contributed by atoms with E-state index in [0.717, 1.165) is 44.9 Å². The number of amides is 1. The van der Waals surface area contributed by atoms with Crippen molar-refractivity contribution >= 4 is 16.8 Å². The van der Waals surface area contributed by atoms with E-state index in [-0.39, 0.29) is 17.5 Å². The number of H-pyrrole nitrogens is 1. The molecule has 0 radical (unpaired) electrons. The summed E-state index contributed by atoms with van der Waals surface area (Å²) in [6.45, 7) is 2.50. The van der Waals surface area contributed by atoms with Gasteiger partial charge in [0.2, 0.25) is 0 Å². The van der Waals surface area contributed by atoms with Crippen molar-refractivity contribution in [1.29, 1.82) is 0 Å². The van der Waals surface area contributed by atoms with E-state index in [1.807, 2.05) is 0 Å². The van der Waals surface area contributed by atoms with E-state index in [2.05, 4.69) is 17.2 Å². The van der Waals surface area contributed by atoms with Crippen LogP contribution in [0.25, 0.3) is 10.9 Å². The van der Waals surface area contributed by atoms with Crippen LogP contribution in [0.15, 0.2) is 27.8 Å². The number of aromatic nitrogens is 2. The number of hydrogen-bond acceptors (Lipinski definition) is 3. The Kier molecular flexibility index (Phi) is 5.91. The number of hydrogen-bond donors (Lipinski definition) is 2. The van der Waals surface area contributed by atoms with Crippen LogP contribution >= 0.6 is 0 Å². The molecule has 1 saturated carbocycles. The predicted molar refractivity (Wildman–Crippen MR) is 103 cm³/mol. The summed E-state index contributed by atoms with van der Waals surface area (Å²) >= 11 is 0. The number of fused-ring (bicyclic) bond motifs is 1. The Hall–Kier alpha value is -2.37. The van der Waals surface area contributed by atoms with Gasteiger partial charge in [0.25, 0.3) is 11.5 Å². The lowest BCUT2D eigenvalue weighted by Crippen LogP contribution is -2.37. The Morgan fingerprint density at radius 2 is 1.96 bits per heavy atom. The fourth-order valence-electron chi connectivity index (χ4n) is 3.63. The molecular weight excluding hydrogens is 330 g/mol. The van der Waals surface area contributed by atoms with Crippen LogP contribution in [0.2, 0.25) is 0 Å². The molecular formula is C20H27N3O3. The zero-order valence-electron chi connectivity index (χ0n) is 15.3. The molecule has 140 valence electrons. The summed E-state index contributed by atoms with van der Waals surface area (Å²) in [6.07, 6.45) is 8.35. The first-order valence-corrected chi connectivity index (χ1v) is 9.68. The normalized spacial score (nSPS) is 15.3. The molecule has 1 heterocycles. The number of aromatic amines is 1. The minimum absolute atomic E-state index is 0.147. The molecule has 6 nitrogen and oxygen atoms in total. The van der Waals surface area contributed by atoms with Crippen molar-refractivity contribution in [2.75, 3.05) is 0 Å². The molecule has 1 amide bonds. The lowest BCUT2D eigenvalue weighted by Gasteiger charge is -2.22. The Bertz CT molecular complexity index is 891. The van der Waals surface area contributed by atoms with Gasteiger partial charge in [0.1, 0.15) is 0 Å². The second-order valence-corrected chi connectivity index (χ2v) is 7.16. The van der Waals surface area contributed by atoms with Crippen LogP contribution in [0, 0.1) is 0 Å². The molecule has 3 rings (SSSR count). The van der Waals surface area contributed by atoms with Crippen molar-refractivity contribution in [3.63, 3.8) is 0 Å². The van der Waals surface area contributed by atoms with E-state index >= 15 is 0 Å². The molecule has 0 unspecified atom stereocenters. The lowest BCUT2D eigenvalue weighted by molar-refractivity contribution is 0.0928. The van der Waals surface area contributed by atoms with Crippen LogP contribution in [0.3, 0.4) is 0 Å². The van der Waals surface area contributed by atoms with Gasteiger partial charge in [-0.3, -0.25) is 14.2 Å². The minimum Gasteiger partial charge on any atom is -0.349 e. The van der Waals surface area contributed by atoms with Crippen LogP contribution in [0.4, 0.5) is 0 Å². The highest BCUT2D eigenvalue weighted by Crippen LogP contribution is 2.18. The highest BCUT2D eigenvalue weighted by Gasteiger charge is 2.17. The summed E-state index contributed by atoms with van der Waals surface area (Å²) in [5.74, 6) is -0.147. The zero-order chi connectivity index (χ0) is 18.5. The fourth-order valence-corrected chi connectivity index (χ4v) is 3.63. The van der Waals surface area contributed by atoms with Gasteiger partial charge in [0, 0.05) is 18.2 Å². The standard InChI is InChI=1S/C20H27N3O3/c1-2-3-7-12-23-19(25)16-11-10-14(13-17(16)22-20(23)26)18(24)21-15-8-5-4-6-9-15/h10-11,13,15H,2-9,12H2,1H3,(H,21,24)(H,22,26). The molecule has 0 aliphatic heterocycles. The molecule has 26 heavy (non-hydrogen) atoms. The first-order valence-electron chi connectivity index (χ1n) is 9.68. The van der Waals surface area contributed by atoms with E-state index in [4.69, 9.17) is 0 Å². The van der Waals surface area contributed by atoms with Gasteiger partial charge in [-0.05, 0) is 37.5 Å². The molecule has 6 heteroatoms. The Morgan fingerprint density at radius 3 is 2.69 bits per heavy atom. The predicted octanol–water partition coefficient (Wildman–Crippen LogP) is 2.94. The average molecular weight is 357 g/mol. The first-order chi connectivity index (χ1) is 12.6. The average Bonchev–Trinajstić information content (AvgIpc) is 2.65. The number of rotatable bonds is 6. The SMILES string of the molecule is CCCCCn1c(=O)[nH]c2cc(C(=O)NC3CCCCC3)ccc2c1=O. The topological polar surface area (TPSA) is 84.0 Å². The van der Waals surface area contributed by atoms with Crippen LogP contribution in [-0.4, -0.2) is 21.5 Å². The number of unbranched alkanes of at least 4 members (excludes halogenated alkanes) is 2. The van der Waals surface area contributed by atoms with E-state index in [0.29, 0.717) is 23.0 Å². The Morgan fingerprint density at radius 1 is 1.19 bits per heavy atom. The molecule has 0 bridgehead atoms. The van der Waals surface area contributed by atoms with Gasteiger partial charge in [-0.25, -0.2) is 4.79 Å². The summed E-state index contributed by atoms with van der Waals surface area (Å²) in [5.41, 5.74) is 0.187. The summed E-state index contributed by atoms with van der Waals surface area (Å²) < 4.78 is 1.25. The van der Waals surface area contributed by atoms with Crippen molar-refractivity contribution in [3.8, 4) is 0 Å². The van der Waals surface area contributed by atoms with Crippen molar-refractivity contribution in [2.45, 2.75) is 70.9 Å². The van der Waals surface area contributed by atoms with Crippen LogP contribution in [0.5, 0.6) is 0 Å². The van der Waals surface area contributed by atoms with Gasteiger partial charge in [-0.1, -0.05) is 39.0 Å². The van der Waals surface area contributed by atoms with E-state index in [1.54, 1.807) is 18.2 Å². The number of benzene rings is 1. The maximum Gasteiger partial charge on any atom is 0.328 e. The van der Waals surface area contributed by atoms with Crippen molar-refractivity contribution < 1.29 is 4.79 Å². The third kappa shape index (κ3) is 4.06. The summed E-state index contributed by atoms with van der Waals surface area (Å²) in [7, 11) is 0. The molecule has 1 aromatic heterocycles. The molecule has 0 saturated heterocycles. The van der Waals surface area contributed by atoms with Gasteiger partial charge in [-0.15, -0.1) is 0 Å². The monoisotopic (exact) mass is 357 g/mol. The largest absolute Gasteiger partial charge is 0.349 e. The molecule has 1 aliphatic carbocycles. The quantitative estimate of drug-likeness (QED) is 0.780. The summed E-state index contributed by atoms with van der Waals surface area (Å²) in [5, 5.41) is 3.50. The highest BCUT2D eigenvalue weighted by atomic mass is 16.2. The molecule has 0 atom stereocenters. The number of nitrogens with zero attached hydrogens (tertiary/aromatic N) is 1. The number of carbonyl (C=O) groups excluding carboxylic acids is 1. The minimum atomic E-state index is -0.413. The van der Waals surface area contributed by atoms with Crippen molar-refractivity contribution in [1.82, 2.24) is 14.9 Å². The lowest BCUT2D eigenvalue weighted by atomic mass is 9.95. The van der Waals surface area contributed by atoms with Gasteiger partial charge >= 0.3 is 5.69 Å². The zero-order valence-corrected chi connectivity index (χ0v) is 15.3. The number of carbonyl (C=O) groups is 1. The van der Waals surface area contributed by atoms with E-state index in [9.17, 15) is 14.4 Å². The van der Waals surface area contributed by atoms with Gasteiger partial charge in [0.15, 0.2) is 0 Å². The third-order valence-corrected chi connectivity index (χ3v) is 5.17. The van der Waals surface area contributed by atoms with E-state index in [1.165, 1.54) is 11.0 Å². The summed E-state index contributed by atoms with van der Waals surface area (Å²) in [6, 6.07) is 5.13. The molecule has 1 fully saturated rings. The van der Waals surface area contributed by atoms with Crippen LogP contribution < -0.4 is 16.6 Å². The first kappa shape index (κ1) is 18.4. The summed E-state index contributed by atoms with van der Waals surface area (Å²) in [4.78, 5) is 40.1. The maximum atomic E-state index is 12.6. The fraction of sp³-hybridized carbons (Fsp3) is 0.550. The van der Waals surface area contributed by atoms with E-state index < -0.39 is 5.69 Å². The molecule has 1 aliphatic rings. The van der Waals surface area contributed by atoms with Gasteiger partial charge in [-0.2, -0.15) is 0 Å². The smallest absolute Gasteiger partial charge is 0.328 e. The number of nitrogens with one attached hydrogen (secondary N) is 2. The van der Waals surface area contributed by atoms with Gasteiger partial charge < -0.3 is 10.3 Å². The van der Waals surface area contributed by atoms with Crippen molar-refractivity contribution in [3.05, 3.63) is 44.6 Å². The molecule has 1 aromatic carbocycles. The Balaban J connectivity index is 1.84. The third-order valence-electron chi connectivity index (χ3n) is 5.17. The van der Waals surface area contributed by atoms with Crippen LogP contribution in [-0.2, 0) is 6.54 Å². The van der Waals surface area contributed by atoms with Crippen LogP contribution in [0.1, 0.15) is 68.6 Å².